The van der Waals surface area contributed by atoms with Gasteiger partial charge in [0.25, 0.3) is 0 Å². The molecule has 112 valence electrons. The number of rotatable bonds is 4. The summed E-state index contributed by atoms with van der Waals surface area (Å²) < 4.78 is 8.20. The number of carbonyl (C=O) groups excluding carboxylic acids is 1. The molecule has 0 atom stereocenters. The number of amides is 1. The Morgan fingerprint density at radius 1 is 1.40 bits per heavy atom. The number of aromatic nitrogens is 2. The van der Waals surface area contributed by atoms with Crippen molar-refractivity contribution < 1.29 is 9.53 Å². The number of aryl methyl sites for hydroxylation is 1. The predicted molar refractivity (Wildman–Crippen MR) is 79.4 cm³/mol. The van der Waals surface area contributed by atoms with E-state index in [1.807, 2.05) is 35.4 Å². The van der Waals surface area contributed by atoms with Gasteiger partial charge in [-0.3, -0.25) is 14.4 Å². The van der Waals surface area contributed by atoms with Crippen molar-refractivity contribution in [2.45, 2.75) is 20.5 Å². The van der Waals surface area contributed by atoms with Crippen LogP contribution in [0.5, 0.6) is 0 Å². The molecule has 20 heavy (non-hydrogen) atoms. The second-order valence-electron chi connectivity index (χ2n) is 5.13. The Bertz CT molecular complexity index is 483. The highest BCUT2D eigenvalue weighted by Gasteiger charge is 2.19. The average molecular weight is 345 g/mol. The molecule has 2 rings (SSSR count). The summed E-state index contributed by atoms with van der Waals surface area (Å²) in [5, 5.41) is 4.45. The largest absolute Gasteiger partial charge is 0.378 e. The summed E-state index contributed by atoms with van der Waals surface area (Å²) in [7, 11) is 1.93. The van der Waals surface area contributed by atoms with E-state index < -0.39 is 0 Å². The smallest absolute Gasteiger partial charge is 0.236 e. The molecule has 7 heteroatoms. The molecule has 1 aliphatic heterocycles. The van der Waals surface area contributed by atoms with Crippen LogP contribution in [-0.2, 0) is 16.2 Å². The second kappa shape index (κ2) is 6.69. The third-order valence-electron chi connectivity index (χ3n) is 3.44. The van der Waals surface area contributed by atoms with E-state index in [0.29, 0.717) is 39.5 Å². The van der Waals surface area contributed by atoms with Gasteiger partial charge in [0.05, 0.1) is 42.3 Å². The van der Waals surface area contributed by atoms with Gasteiger partial charge in [-0.25, -0.2) is 0 Å². The first kappa shape index (κ1) is 15.5. The Morgan fingerprint density at radius 2 is 2.05 bits per heavy atom. The van der Waals surface area contributed by atoms with Gasteiger partial charge in [-0.2, -0.15) is 5.10 Å². The third kappa shape index (κ3) is 3.59. The maximum atomic E-state index is 12.1. The van der Waals surface area contributed by atoms with Gasteiger partial charge in [0.2, 0.25) is 5.91 Å². The van der Waals surface area contributed by atoms with Gasteiger partial charge in [0, 0.05) is 13.1 Å². The summed E-state index contributed by atoms with van der Waals surface area (Å²) in [4.78, 5) is 16.0. The first-order valence-corrected chi connectivity index (χ1v) is 7.52. The monoisotopic (exact) mass is 344 g/mol. The van der Waals surface area contributed by atoms with Gasteiger partial charge in [0.15, 0.2) is 0 Å². The highest BCUT2D eigenvalue weighted by molar-refractivity contribution is 9.10. The molecule has 0 N–H and O–H groups in total. The number of nitrogens with zero attached hydrogens (tertiary/aromatic N) is 4. The number of hydrogen-bond acceptors (Lipinski definition) is 4. The van der Waals surface area contributed by atoms with Crippen molar-refractivity contribution in [3.63, 3.8) is 0 Å². The quantitative estimate of drug-likeness (QED) is 0.817. The topological polar surface area (TPSA) is 50.6 Å². The van der Waals surface area contributed by atoms with Gasteiger partial charge in [-0.15, -0.1) is 0 Å². The Labute approximate surface area is 127 Å². The molecule has 1 aromatic rings. The summed E-state index contributed by atoms with van der Waals surface area (Å²) in [5.41, 5.74) is 2.04. The molecule has 1 aromatic heterocycles. The zero-order valence-electron chi connectivity index (χ0n) is 12.2. The molecule has 0 spiro atoms. The first-order valence-electron chi connectivity index (χ1n) is 6.72. The van der Waals surface area contributed by atoms with E-state index in [1.165, 1.54) is 0 Å². The van der Waals surface area contributed by atoms with Gasteiger partial charge in [-0.05, 0) is 36.8 Å². The van der Waals surface area contributed by atoms with Crippen LogP contribution in [-0.4, -0.2) is 65.4 Å². The van der Waals surface area contributed by atoms with Crippen LogP contribution in [0.4, 0.5) is 0 Å². The summed E-state index contributed by atoms with van der Waals surface area (Å²) in [6.45, 7) is 7.65. The maximum absolute atomic E-state index is 12.1. The standard InChI is InChI=1S/C13H21BrN4O2/c1-10-13(14)11(2)18(15-10)9-16(3)8-12(19)17-4-6-20-7-5-17/h4-9H2,1-3H3. The second-order valence-corrected chi connectivity index (χ2v) is 5.93. The molecule has 0 bridgehead atoms. The Kier molecular flexibility index (Phi) is 5.17. The normalized spacial score (nSPS) is 15.9. The van der Waals surface area contributed by atoms with Crippen LogP contribution in [0.2, 0.25) is 0 Å². The minimum Gasteiger partial charge on any atom is -0.378 e. The summed E-state index contributed by atoms with van der Waals surface area (Å²) in [5.74, 6) is 0.149. The van der Waals surface area contributed by atoms with E-state index in [0.717, 1.165) is 15.9 Å². The minimum atomic E-state index is 0.149. The summed E-state index contributed by atoms with van der Waals surface area (Å²) in [6, 6.07) is 0. The fourth-order valence-corrected chi connectivity index (χ4v) is 2.52. The lowest BCUT2D eigenvalue weighted by Gasteiger charge is -2.28. The van der Waals surface area contributed by atoms with E-state index in [2.05, 4.69) is 21.0 Å². The molecule has 0 radical (unpaired) electrons. The average Bonchev–Trinajstić information content (AvgIpc) is 2.67. The molecule has 0 unspecified atom stereocenters. The fraction of sp³-hybridized carbons (Fsp3) is 0.692. The zero-order chi connectivity index (χ0) is 14.7. The van der Waals surface area contributed by atoms with Crippen LogP contribution in [0.25, 0.3) is 0 Å². The van der Waals surface area contributed by atoms with Crippen LogP contribution in [0.15, 0.2) is 4.47 Å². The van der Waals surface area contributed by atoms with Crippen molar-refractivity contribution in [1.82, 2.24) is 19.6 Å². The molecule has 1 saturated heterocycles. The van der Waals surface area contributed by atoms with Crippen molar-refractivity contribution in [2.24, 2.45) is 0 Å². The molecular formula is C13H21BrN4O2. The first-order chi connectivity index (χ1) is 9.49. The van der Waals surface area contributed by atoms with Gasteiger partial charge in [0.1, 0.15) is 0 Å². The van der Waals surface area contributed by atoms with Crippen LogP contribution >= 0.6 is 15.9 Å². The lowest BCUT2D eigenvalue weighted by atomic mass is 10.4. The Balaban J connectivity index is 1.89. The van der Waals surface area contributed by atoms with Crippen LogP contribution in [0, 0.1) is 13.8 Å². The molecular weight excluding hydrogens is 324 g/mol. The van der Waals surface area contributed by atoms with E-state index in [1.54, 1.807) is 0 Å². The lowest BCUT2D eigenvalue weighted by molar-refractivity contribution is -0.136. The van der Waals surface area contributed by atoms with Crippen LogP contribution in [0.1, 0.15) is 11.4 Å². The van der Waals surface area contributed by atoms with E-state index >= 15 is 0 Å². The number of likely N-dealkylation sites (N-methyl/N-ethyl adjacent to an activating group) is 1. The van der Waals surface area contributed by atoms with E-state index in [9.17, 15) is 4.79 Å². The van der Waals surface area contributed by atoms with E-state index in [-0.39, 0.29) is 5.91 Å². The van der Waals surface area contributed by atoms with Crippen molar-refractivity contribution in [3.8, 4) is 0 Å². The highest BCUT2D eigenvalue weighted by atomic mass is 79.9. The number of hydrogen-bond donors (Lipinski definition) is 0. The number of halogens is 1. The Hall–Kier alpha value is -0.920. The zero-order valence-corrected chi connectivity index (χ0v) is 13.8. The van der Waals surface area contributed by atoms with Crippen molar-refractivity contribution in [3.05, 3.63) is 15.9 Å². The van der Waals surface area contributed by atoms with Crippen molar-refractivity contribution >= 4 is 21.8 Å². The Morgan fingerprint density at radius 3 is 2.60 bits per heavy atom. The van der Waals surface area contributed by atoms with Crippen LogP contribution < -0.4 is 0 Å². The van der Waals surface area contributed by atoms with Crippen LogP contribution in [0.3, 0.4) is 0 Å². The maximum Gasteiger partial charge on any atom is 0.236 e. The molecule has 0 aliphatic carbocycles. The fourth-order valence-electron chi connectivity index (χ4n) is 2.24. The van der Waals surface area contributed by atoms with Gasteiger partial charge >= 0.3 is 0 Å². The molecule has 0 aromatic carbocycles. The number of ether oxygens (including phenoxy) is 1. The molecule has 0 saturated carbocycles. The molecule has 2 heterocycles. The van der Waals surface area contributed by atoms with Crippen molar-refractivity contribution in [1.29, 1.82) is 0 Å². The third-order valence-corrected chi connectivity index (χ3v) is 4.59. The summed E-state index contributed by atoms with van der Waals surface area (Å²) >= 11 is 3.51. The molecule has 1 fully saturated rings. The minimum absolute atomic E-state index is 0.149. The summed E-state index contributed by atoms with van der Waals surface area (Å²) in [6.07, 6.45) is 0. The lowest BCUT2D eigenvalue weighted by Crippen LogP contribution is -2.45. The SMILES string of the molecule is Cc1nn(CN(C)CC(=O)N2CCOCC2)c(C)c1Br. The predicted octanol–water partition coefficient (Wildman–Crippen LogP) is 1.01. The number of morpholine rings is 1. The highest BCUT2D eigenvalue weighted by Crippen LogP contribution is 2.19. The van der Waals surface area contributed by atoms with Gasteiger partial charge < -0.3 is 9.64 Å². The molecule has 1 aliphatic rings. The van der Waals surface area contributed by atoms with E-state index in [4.69, 9.17) is 4.74 Å². The van der Waals surface area contributed by atoms with Crippen molar-refractivity contribution in [2.75, 3.05) is 39.9 Å². The molecule has 6 nitrogen and oxygen atoms in total. The van der Waals surface area contributed by atoms with Gasteiger partial charge in [-0.1, -0.05) is 0 Å². The molecule has 1 amide bonds. The number of carbonyl (C=O) groups is 1.